The molecule has 4 rings (SSSR count). The molecule has 1 N–H and O–H groups in total. The Hall–Kier alpha value is -3.52. The van der Waals surface area contributed by atoms with E-state index in [-0.39, 0.29) is 18.3 Å². The van der Waals surface area contributed by atoms with E-state index in [4.69, 9.17) is 4.74 Å². The van der Waals surface area contributed by atoms with E-state index in [9.17, 15) is 9.18 Å². The molecule has 0 saturated carbocycles. The maximum atomic E-state index is 13.0. The van der Waals surface area contributed by atoms with E-state index >= 15 is 0 Å². The van der Waals surface area contributed by atoms with Crippen molar-refractivity contribution in [2.24, 2.45) is 0 Å². The van der Waals surface area contributed by atoms with Crippen molar-refractivity contribution >= 4 is 23.1 Å². The van der Waals surface area contributed by atoms with Crippen LogP contribution in [0.1, 0.15) is 11.3 Å². The SMILES string of the molecule is Cc1ccc(-c2csc(-n3nc(C)cc3NC(=O)COc3ccc(F)cc3)n2)cc1. The van der Waals surface area contributed by atoms with Gasteiger partial charge in [-0.05, 0) is 38.1 Å². The van der Waals surface area contributed by atoms with Gasteiger partial charge in [0.1, 0.15) is 17.4 Å². The molecule has 30 heavy (non-hydrogen) atoms. The number of ether oxygens (including phenoxy) is 1. The third-order valence-corrected chi connectivity index (χ3v) is 5.12. The fourth-order valence-corrected chi connectivity index (χ4v) is 3.61. The Labute approximate surface area is 177 Å². The Morgan fingerprint density at radius 3 is 2.60 bits per heavy atom. The van der Waals surface area contributed by atoms with Gasteiger partial charge in [-0.1, -0.05) is 29.8 Å². The molecule has 2 aromatic carbocycles. The third kappa shape index (κ3) is 4.55. The first-order valence-electron chi connectivity index (χ1n) is 9.26. The summed E-state index contributed by atoms with van der Waals surface area (Å²) in [5.41, 5.74) is 3.80. The van der Waals surface area contributed by atoms with Gasteiger partial charge in [-0.15, -0.1) is 11.3 Å². The van der Waals surface area contributed by atoms with Crippen LogP contribution < -0.4 is 10.1 Å². The number of carbonyl (C=O) groups excluding carboxylic acids is 1. The van der Waals surface area contributed by atoms with Gasteiger partial charge in [0.15, 0.2) is 6.61 Å². The van der Waals surface area contributed by atoms with Gasteiger partial charge in [-0.25, -0.2) is 9.37 Å². The molecule has 0 spiro atoms. The van der Waals surface area contributed by atoms with Crippen molar-refractivity contribution < 1.29 is 13.9 Å². The minimum atomic E-state index is -0.361. The van der Waals surface area contributed by atoms with E-state index in [1.807, 2.05) is 43.5 Å². The number of nitrogens with one attached hydrogen (secondary N) is 1. The lowest BCUT2D eigenvalue weighted by atomic mass is 10.1. The summed E-state index contributed by atoms with van der Waals surface area (Å²) in [7, 11) is 0. The number of aryl methyl sites for hydroxylation is 2. The minimum absolute atomic E-state index is 0.206. The largest absolute Gasteiger partial charge is 0.484 e. The van der Waals surface area contributed by atoms with E-state index in [2.05, 4.69) is 15.4 Å². The van der Waals surface area contributed by atoms with Crippen LogP contribution in [0.5, 0.6) is 5.75 Å². The lowest BCUT2D eigenvalue weighted by Crippen LogP contribution is -2.21. The summed E-state index contributed by atoms with van der Waals surface area (Å²) in [5, 5.41) is 9.85. The van der Waals surface area contributed by atoms with E-state index in [1.54, 1.807) is 10.7 Å². The van der Waals surface area contributed by atoms with Crippen molar-refractivity contribution in [1.29, 1.82) is 0 Å². The lowest BCUT2D eigenvalue weighted by molar-refractivity contribution is -0.118. The molecule has 152 valence electrons. The summed E-state index contributed by atoms with van der Waals surface area (Å²) in [6, 6.07) is 15.4. The molecule has 2 aromatic heterocycles. The molecule has 0 unspecified atom stereocenters. The van der Waals surface area contributed by atoms with Gasteiger partial charge in [0.25, 0.3) is 5.91 Å². The molecule has 0 aliphatic heterocycles. The molecule has 0 aliphatic carbocycles. The zero-order valence-electron chi connectivity index (χ0n) is 16.4. The van der Waals surface area contributed by atoms with Crippen LogP contribution in [-0.4, -0.2) is 27.3 Å². The van der Waals surface area contributed by atoms with Crippen molar-refractivity contribution in [1.82, 2.24) is 14.8 Å². The van der Waals surface area contributed by atoms with E-state index in [0.717, 1.165) is 17.0 Å². The predicted molar refractivity (Wildman–Crippen MR) is 115 cm³/mol. The molecule has 0 bridgehead atoms. The first-order chi connectivity index (χ1) is 14.5. The molecule has 8 heteroatoms. The van der Waals surface area contributed by atoms with Crippen LogP contribution in [0.4, 0.5) is 10.2 Å². The van der Waals surface area contributed by atoms with Crippen LogP contribution in [0.2, 0.25) is 0 Å². The number of halogens is 1. The molecule has 0 atom stereocenters. The predicted octanol–water partition coefficient (Wildman–Crippen LogP) is 4.77. The molecule has 4 aromatic rings. The number of carbonyl (C=O) groups is 1. The first kappa shape index (κ1) is 19.8. The van der Waals surface area contributed by atoms with Crippen LogP contribution in [0, 0.1) is 19.7 Å². The maximum absolute atomic E-state index is 13.0. The summed E-state index contributed by atoms with van der Waals surface area (Å²) in [5.74, 6) is 0.208. The van der Waals surface area contributed by atoms with E-state index in [0.29, 0.717) is 16.7 Å². The van der Waals surface area contributed by atoms with Crippen LogP contribution in [-0.2, 0) is 4.79 Å². The zero-order valence-corrected chi connectivity index (χ0v) is 17.2. The Balaban J connectivity index is 1.48. The topological polar surface area (TPSA) is 69.0 Å². The van der Waals surface area contributed by atoms with Gasteiger partial charge in [0.2, 0.25) is 5.13 Å². The summed E-state index contributed by atoms with van der Waals surface area (Å²) < 4.78 is 20.0. The van der Waals surface area contributed by atoms with Gasteiger partial charge < -0.3 is 10.1 Å². The normalized spacial score (nSPS) is 10.8. The number of hydrogen-bond acceptors (Lipinski definition) is 5. The molecular weight excluding hydrogens is 403 g/mol. The molecule has 6 nitrogen and oxygen atoms in total. The third-order valence-electron chi connectivity index (χ3n) is 4.30. The number of amides is 1. The number of nitrogens with zero attached hydrogens (tertiary/aromatic N) is 3. The smallest absolute Gasteiger partial charge is 0.263 e. The molecule has 0 radical (unpaired) electrons. The monoisotopic (exact) mass is 422 g/mol. The zero-order chi connectivity index (χ0) is 21.1. The number of anilines is 1. The number of thiazole rings is 1. The molecule has 1 amide bonds. The second-order valence-corrected chi connectivity index (χ2v) is 7.59. The van der Waals surface area contributed by atoms with Gasteiger partial charge >= 0.3 is 0 Å². The number of hydrogen-bond donors (Lipinski definition) is 1. The molecule has 0 aliphatic rings. The second kappa shape index (κ2) is 8.46. The highest BCUT2D eigenvalue weighted by atomic mass is 32.1. The Bertz CT molecular complexity index is 1170. The lowest BCUT2D eigenvalue weighted by Gasteiger charge is -2.08. The van der Waals surface area contributed by atoms with E-state index < -0.39 is 0 Å². The van der Waals surface area contributed by atoms with Crippen molar-refractivity contribution in [2.75, 3.05) is 11.9 Å². The van der Waals surface area contributed by atoms with Crippen molar-refractivity contribution in [3.05, 3.63) is 77.1 Å². The highest BCUT2D eigenvalue weighted by Gasteiger charge is 2.15. The van der Waals surface area contributed by atoms with Crippen LogP contribution in [0.3, 0.4) is 0 Å². The number of rotatable bonds is 6. The van der Waals surface area contributed by atoms with Crippen molar-refractivity contribution in [3.8, 4) is 22.1 Å². The quantitative estimate of drug-likeness (QED) is 0.486. The highest BCUT2D eigenvalue weighted by molar-refractivity contribution is 7.12. The fourth-order valence-electron chi connectivity index (χ4n) is 2.81. The van der Waals surface area contributed by atoms with Crippen molar-refractivity contribution in [3.63, 3.8) is 0 Å². The second-order valence-electron chi connectivity index (χ2n) is 6.75. The number of aromatic nitrogens is 3. The van der Waals surface area contributed by atoms with Gasteiger partial charge in [-0.3, -0.25) is 4.79 Å². The first-order valence-corrected chi connectivity index (χ1v) is 10.1. The molecule has 2 heterocycles. The van der Waals surface area contributed by atoms with E-state index in [1.165, 1.54) is 41.2 Å². The standard InChI is InChI=1S/C22H19FN4O2S/c1-14-3-5-16(6-4-14)19-13-30-22(24-19)27-20(11-15(2)26-27)25-21(28)12-29-18-9-7-17(23)8-10-18/h3-11,13H,12H2,1-2H3,(H,25,28). The molecule has 0 fully saturated rings. The Kier molecular flexibility index (Phi) is 5.58. The molecule has 0 saturated heterocycles. The van der Waals surface area contributed by atoms with Gasteiger partial charge in [0.05, 0.1) is 11.4 Å². The average Bonchev–Trinajstić information content (AvgIpc) is 3.35. The summed E-state index contributed by atoms with van der Waals surface area (Å²) >= 11 is 1.44. The summed E-state index contributed by atoms with van der Waals surface area (Å²) in [6.45, 7) is 3.68. The molecular formula is C22H19FN4O2S. The van der Waals surface area contributed by atoms with Crippen LogP contribution in [0.25, 0.3) is 16.4 Å². The van der Waals surface area contributed by atoms with Crippen molar-refractivity contribution in [2.45, 2.75) is 13.8 Å². The summed E-state index contributed by atoms with van der Waals surface area (Å²) in [6.07, 6.45) is 0. The average molecular weight is 422 g/mol. The fraction of sp³-hybridized carbons (Fsp3) is 0.136. The van der Waals surface area contributed by atoms with Gasteiger partial charge in [0, 0.05) is 17.0 Å². The minimum Gasteiger partial charge on any atom is -0.484 e. The Morgan fingerprint density at radius 2 is 1.87 bits per heavy atom. The van der Waals surface area contributed by atoms with Crippen LogP contribution >= 0.6 is 11.3 Å². The van der Waals surface area contributed by atoms with Crippen LogP contribution in [0.15, 0.2) is 60.0 Å². The Morgan fingerprint density at radius 1 is 1.13 bits per heavy atom. The number of benzene rings is 2. The van der Waals surface area contributed by atoms with Gasteiger partial charge in [-0.2, -0.15) is 9.78 Å². The summed E-state index contributed by atoms with van der Waals surface area (Å²) in [4.78, 5) is 17.0. The maximum Gasteiger partial charge on any atom is 0.263 e. The highest BCUT2D eigenvalue weighted by Crippen LogP contribution is 2.26.